The largest absolute Gasteiger partial charge is 0.398 e. The Hall–Kier alpha value is -1.40. The highest BCUT2D eigenvalue weighted by molar-refractivity contribution is 14.2. The van der Waals surface area contributed by atoms with Crippen LogP contribution >= 0.6 is 28.4 Å². The molecule has 0 fully saturated rings. The van der Waals surface area contributed by atoms with Gasteiger partial charge in [-0.2, -0.15) is 5.10 Å². The molecule has 1 unspecified atom stereocenters. The number of aromatic nitrogens is 3. The van der Waals surface area contributed by atoms with Crippen LogP contribution in [0.1, 0.15) is 0 Å². The van der Waals surface area contributed by atoms with Gasteiger partial charge in [0.1, 0.15) is 0 Å². The zero-order valence-electron chi connectivity index (χ0n) is 9.72. The number of hydrogen-bond acceptors (Lipinski definition) is 3. The van der Waals surface area contributed by atoms with E-state index in [4.69, 9.17) is 5.73 Å². The monoisotopic (exact) mass is 384 g/mol. The fourth-order valence-corrected chi connectivity index (χ4v) is 3.54. The summed E-state index contributed by atoms with van der Waals surface area (Å²) in [6.07, 6.45) is 3.92. The van der Waals surface area contributed by atoms with Gasteiger partial charge in [-0.25, -0.2) is 4.45 Å². The van der Waals surface area contributed by atoms with Crippen LogP contribution in [0.3, 0.4) is 0 Å². The Balaban J connectivity index is 2.27. The summed E-state index contributed by atoms with van der Waals surface area (Å²) < 4.78 is 1.91. The molecule has 1 atom stereocenters. The molecule has 0 aliphatic heterocycles. The minimum atomic E-state index is -0.125. The SMILES string of the molecule is Nc1cc(-c2cc[nH]c(=O)c2)cc2c1cnn2PI. The first-order chi connectivity index (χ1) is 9.19. The van der Waals surface area contributed by atoms with Gasteiger partial charge >= 0.3 is 0 Å². The molecule has 0 spiro atoms. The first-order valence-electron chi connectivity index (χ1n) is 5.52. The van der Waals surface area contributed by atoms with Crippen LogP contribution in [0.5, 0.6) is 0 Å². The predicted octanol–water partition coefficient (Wildman–Crippen LogP) is 2.77. The second-order valence-corrected chi connectivity index (χ2v) is 6.12. The summed E-state index contributed by atoms with van der Waals surface area (Å²) in [5.74, 6) is 0. The van der Waals surface area contributed by atoms with E-state index in [1.807, 2.05) is 22.7 Å². The lowest BCUT2D eigenvalue weighted by Gasteiger charge is -2.05. The molecule has 0 aliphatic rings. The number of rotatable bonds is 2. The van der Waals surface area contributed by atoms with Crippen LogP contribution in [0.25, 0.3) is 22.0 Å². The van der Waals surface area contributed by atoms with E-state index < -0.39 is 0 Å². The van der Waals surface area contributed by atoms with E-state index in [0.29, 0.717) is 12.1 Å². The van der Waals surface area contributed by atoms with Gasteiger partial charge in [0.05, 0.1) is 18.1 Å². The molecule has 2 aromatic heterocycles. The molecule has 0 bridgehead atoms. The Morgan fingerprint density at radius 3 is 2.89 bits per heavy atom. The summed E-state index contributed by atoms with van der Waals surface area (Å²) in [5, 5.41) is 5.24. The highest BCUT2D eigenvalue weighted by atomic mass is 127. The number of hydrogen-bond donors (Lipinski definition) is 2. The van der Waals surface area contributed by atoms with E-state index in [-0.39, 0.29) is 5.56 Å². The van der Waals surface area contributed by atoms with Crippen molar-refractivity contribution >= 4 is 45.0 Å². The molecular weight excluding hydrogens is 374 g/mol. The zero-order valence-corrected chi connectivity index (χ0v) is 12.9. The van der Waals surface area contributed by atoms with E-state index >= 15 is 0 Å². The van der Waals surface area contributed by atoms with Gasteiger partial charge in [0.25, 0.3) is 0 Å². The number of benzene rings is 1. The third kappa shape index (κ3) is 2.26. The molecule has 3 N–H and O–H groups in total. The molecule has 3 aromatic rings. The molecule has 0 saturated heterocycles. The molecule has 2 heterocycles. The number of pyridine rings is 1. The Bertz CT molecular complexity index is 811. The zero-order chi connectivity index (χ0) is 13.4. The van der Waals surface area contributed by atoms with Gasteiger partial charge in [0, 0.05) is 23.3 Å². The maximum atomic E-state index is 11.4. The quantitative estimate of drug-likeness (QED) is 0.405. The van der Waals surface area contributed by atoms with E-state index in [1.54, 1.807) is 18.5 Å². The maximum absolute atomic E-state index is 11.4. The second-order valence-electron chi connectivity index (χ2n) is 4.08. The first kappa shape index (κ1) is 12.6. The molecule has 0 radical (unpaired) electrons. The molecular formula is C12H10IN4OP. The van der Waals surface area contributed by atoms with Crippen molar-refractivity contribution in [3.8, 4) is 11.1 Å². The average molecular weight is 384 g/mol. The Kier molecular flexibility index (Phi) is 3.28. The lowest BCUT2D eigenvalue weighted by atomic mass is 10.0. The van der Waals surface area contributed by atoms with Crippen molar-refractivity contribution in [2.45, 2.75) is 0 Å². The number of aromatic amines is 1. The number of fused-ring (bicyclic) bond motifs is 1. The van der Waals surface area contributed by atoms with Crippen molar-refractivity contribution in [2.75, 3.05) is 5.73 Å². The van der Waals surface area contributed by atoms with E-state index in [2.05, 4.69) is 32.1 Å². The molecule has 5 nitrogen and oxygen atoms in total. The van der Waals surface area contributed by atoms with Crippen LogP contribution in [0, 0.1) is 0 Å². The first-order valence-corrected chi connectivity index (χ1v) is 9.58. The summed E-state index contributed by atoms with van der Waals surface area (Å²) in [4.78, 5) is 14.0. The molecule has 0 aliphatic carbocycles. The van der Waals surface area contributed by atoms with Gasteiger partial charge in [-0.1, -0.05) is 0 Å². The van der Waals surface area contributed by atoms with Gasteiger partial charge < -0.3 is 10.7 Å². The Morgan fingerprint density at radius 1 is 1.32 bits per heavy atom. The maximum Gasteiger partial charge on any atom is 0.248 e. The topological polar surface area (TPSA) is 76.7 Å². The highest BCUT2D eigenvalue weighted by Gasteiger charge is 2.08. The van der Waals surface area contributed by atoms with Crippen LogP contribution < -0.4 is 11.3 Å². The van der Waals surface area contributed by atoms with Crippen LogP contribution in [-0.4, -0.2) is 14.5 Å². The lowest BCUT2D eigenvalue weighted by Crippen LogP contribution is -2.02. The number of H-pyrrole nitrogens is 1. The smallest absolute Gasteiger partial charge is 0.248 e. The summed E-state index contributed by atoms with van der Waals surface area (Å²) in [6.45, 7) is 0. The van der Waals surface area contributed by atoms with Gasteiger partial charge in [-0.05, 0) is 51.4 Å². The summed E-state index contributed by atoms with van der Waals surface area (Å²) in [6, 6.07) is 7.31. The van der Waals surface area contributed by atoms with E-state index in [0.717, 1.165) is 22.0 Å². The van der Waals surface area contributed by atoms with Gasteiger partial charge in [-0.15, -0.1) is 0 Å². The van der Waals surface area contributed by atoms with Crippen molar-refractivity contribution in [3.63, 3.8) is 0 Å². The fraction of sp³-hybridized carbons (Fsp3) is 0. The van der Waals surface area contributed by atoms with Crippen LogP contribution in [-0.2, 0) is 0 Å². The van der Waals surface area contributed by atoms with Crippen molar-refractivity contribution in [1.82, 2.24) is 14.5 Å². The number of halogens is 1. The number of nitrogens with one attached hydrogen (secondary N) is 1. The van der Waals surface area contributed by atoms with Gasteiger partial charge in [0.2, 0.25) is 5.56 Å². The molecule has 19 heavy (non-hydrogen) atoms. The predicted molar refractivity (Wildman–Crippen MR) is 87.9 cm³/mol. The van der Waals surface area contributed by atoms with Crippen LogP contribution in [0.15, 0.2) is 41.5 Å². The number of anilines is 1. The highest BCUT2D eigenvalue weighted by Crippen LogP contribution is 2.33. The van der Waals surface area contributed by atoms with Crippen molar-refractivity contribution < 1.29 is 0 Å². The van der Waals surface area contributed by atoms with Crippen LogP contribution in [0.4, 0.5) is 5.69 Å². The molecule has 0 saturated carbocycles. The Morgan fingerprint density at radius 2 is 2.16 bits per heavy atom. The lowest BCUT2D eigenvalue weighted by molar-refractivity contribution is 1.04. The molecule has 96 valence electrons. The summed E-state index contributed by atoms with van der Waals surface area (Å²) in [5.41, 5.74) is 9.37. The molecule has 0 amide bonds. The van der Waals surface area contributed by atoms with Crippen molar-refractivity contribution in [2.24, 2.45) is 0 Å². The van der Waals surface area contributed by atoms with Crippen LogP contribution in [0.2, 0.25) is 0 Å². The molecule has 7 heteroatoms. The van der Waals surface area contributed by atoms with Gasteiger partial charge in [0.15, 0.2) is 0 Å². The Labute approximate surface area is 123 Å². The minimum Gasteiger partial charge on any atom is -0.398 e. The molecule has 3 rings (SSSR count). The summed E-state index contributed by atoms with van der Waals surface area (Å²) >= 11 is 2.27. The fourth-order valence-electron chi connectivity index (χ4n) is 2.01. The third-order valence-corrected chi connectivity index (χ3v) is 4.80. The van der Waals surface area contributed by atoms with Crippen molar-refractivity contribution in [1.29, 1.82) is 0 Å². The summed E-state index contributed by atoms with van der Waals surface area (Å²) in [7, 11) is 0. The van der Waals surface area contributed by atoms with E-state index in [9.17, 15) is 4.79 Å². The molecule has 1 aromatic carbocycles. The second kappa shape index (κ2) is 4.94. The van der Waals surface area contributed by atoms with Crippen molar-refractivity contribution in [3.05, 3.63) is 47.0 Å². The average Bonchev–Trinajstić information content (AvgIpc) is 2.82. The third-order valence-electron chi connectivity index (χ3n) is 2.91. The number of nitrogen functional groups attached to an aromatic ring is 1. The van der Waals surface area contributed by atoms with E-state index in [1.165, 1.54) is 0 Å². The van der Waals surface area contributed by atoms with Gasteiger partial charge in [-0.3, -0.25) is 4.79 Å². The number of nitrogens with zero attached hydrogens (tertiary/aromatic N) is 2. The minimum absolute atomic E-state index is 0.125. The normalized spacial score (nSPS) is 11.6. The standard InChI is InChI=1S/C12H10IN4OP/c13-19-17-11-4-8(3-10(14)9(11)6-16-17)7-1-2-15-12(18)5-7/h1-6,19H,14H2,(H,15,18). The number of nitrogens with two attached hydrogens (primary N) is 1.